The summed E-state index contributed by atoms with van der Waals surface area (Å²) in [5.41, 5.74) is 0.576. The molecule has 0 bridgehead atoms. The Bertz CT molecular complexity index is 885. The third kappa shape index (κ3) is 3.21. The zero-order valence-electron chi connectivity index (χ0n) is 12.9. The van der Waals surface area contributed by atoms with Crippen molar-refractivity contribution in [2.75, 3.05) is 11.9 Å². The second kappa shape index (κ2) is 6.41. The summed E-state index contributed by atoms with van der Waals surface area (Å²) < 4.78 is 15.9. The van der Waals surface area contributed by atoms with Gasteiger partial charge in [-0.1, -0.05) is 0 Å². The van der Waals surface area contributed by atoms with Gasteiger partial charge in [-0.25, -0.2) is 14.4 Å². The van der Waals surface area contributed by atoms with Gasteiger partial charge in [0.25, 0.3) is 0 Å². The fourth-order valence-corrected chi connectivity index (χ4v) is 2.87. The summed E-state index contributed by atoms with van der Waals surface area (Å²) in [5.74, 6) is 1.26. The van der Waals surface area contributed by atoms with E-state index in [1.54, 1.807) is 6.07 Å². The normalized spacial score (nSPS) is 11.3. The first-order chi connectivity index (χ1) is 11.1. The fraction of sp³-hybridized carbons (Fsp3) is 0.333. The maximum atomic E-state index is 13.3. The van der Waals surface area contributed by atoms with Crippen LogP contribution in [0.1, 0.15) is 25.7 Å². The monoisotopic (exact) mass is 332 g/mol. The van der Waals surface area contributed by atoms with Gasteiger partial charge < -0.3 is 9.88 Å². The number of aromatic nitrogens is 5. The molecule has 3 rings (SSSR count). The van der Waals surface area contributed by atoms with E-state index >= 15 is 0 Å². The minimum Gasteiger partial charge on any atom is -0.369 e. The molecule has 0 saturated heterocycles. The largest absolute Gasteiger partial charge is 0.369 e. The molecule has 0 aliphatic carbocycles. The van der Waals surface area contributed by atoms with Gasteiger partial charge in [0.1, 0.15) is 23.8 Å². The molecular formula is C15H17FN6S. The first kappa shape index (κ1) is 15.5. The van der Waals surface area contributed by atoms with Crippen molar-refractivity contribution in [3.05, 3.63) is 40.9 Å². The summed E-state index contributed by atoms with van der Waals surface area (Å²) in [5, 5.41) is 11.1. The van der Waals surface area contributed by atoms with Crippen molar-refractivity contribution in [2.45, 2.75) is 26.3 Å². The van der Waals surface area contributed by atoms with E-state index in [1.165, 1.54) is 18.5 Å². The van der Waals surface area contributed by atoms with Crippen LogP contribution in [0.3, 0.4) is 0 Å². The van der Waals surface area contributed by atoms with E-state index < -0.39 is 0 Å². The first-order valence-corrected chi connectivity index (χ1v) is 7.77. The number of benzene rings is 1. The molecule has 0 spiro atoms. The molecule has 0 saturated carbocycles. The van der Waals surface area contributed by atoms with Crippen molar-refractivity contribution in [3.8, 4) is 0 Å². The van der Waals surface area contributed by atoms with E-state index in [2.05, 4.69) is 39.3 Å². The van der Waals surface area contributed by atoms with Crippen molar-refractivity contribution >= 4 is 28.9 Å². The Labute approximate surface area is 137 Å². The molecule has 0 aliphatic heterocycles. The maximum absolute atomic E-state index is 13.3. The van der Waals surface area contributed by atoms with Crippen LogP contribution in [0.2, 0.25) is 0 Å². The summed E-state index contributed by atoms with van der Waals surface area (Å²) in [7, 11) is 0. The number of hydrogen-bond donors (Lipinski definition) is 2. The summed E-state index contributed by atoms with van der Waals surface area (Å²) in [6.45, 7) is 4.76. The van der Waals surface area contributed by atoms with Gasteiger partial charge in [-0.05, 0) is 38.2 Å². The quantitative estimate of drug-likeness (QED) is 0.702. The SMILES string of the molecule is CC(C)n1c(CCNc2ncnc3cc(F)ccc23)n[nH]c1=S. The van der Waals surface area contributed by atoms with Crippen LogP contribution < -0.4 is 5.32 Å². The van der Waals surface area contributed by atoms with E-state index in [0.717, 1.165) is 11.2 Å². The standard InChI is InChI=1S/C15H17FN6S/c1-9(2)22-13(20-21-15(22)23)5-6-17-14-11-4-3-10(16)7-12(11)18-8-19-14/h3-4,7-9H,5-6H2,1-2H3,(H,21,23)(H,17,18,19). The van der Waals surface area contributed by atoms with Crippen LogP contribution in [-0.2, 0) is 6.42 Å². The average molecular weight is 332 g/mol. The lowest BCUT2D eigenvalue weighted by Crippen LogP contribution is -2.13. The molecule has 0 fully saturated rings. The molecule has 23 heavy (non-hydrogen) atoms. The Balaban J connectivity index is 1.76. The molecule has 0 radical (unpaired) electrons. The van der Waals surface area contributed by atoms with Crippen molar-refractivity contribution in [3.63, 3.8) is 0 Å². The number of rotatable bonds is 5. The highest BCUT2D eigenvalue weighted by Gasteiger charge is 2.10. The fourth-order valence-electron chi connectivity index (χ4n) is 2.51. The molecule has 2 N–H and O–H groups in total. The van der Waals surface area contributed by atoms with Gasteiger partial charge in [0.05, 0.1) is 5.52 Å². The zero-order valence-corrected chi connectivity index (χ0v) is 13.7. The lowest BCUT2D eigenvalue weighted by molar-refractivity contribution is 0.562. The van der Waals surface area contributed by atoms with Gasteiger partial charge in [-0.2, -0.15) is 5.10 Å². The van der Waals surface area contributed by atoms with Crippen LogP contribution >= 0.6 is 12.2 Å². The molecule has 3 aromatic rings. The third-order valence-electron chi connectivity index (χ3n) is 3.53. The van der Waals surface area contributed by atoms with Crippen LogP contribution in [0.25, 0.3) is 10.9 Å². The molecule has 1 aromatic carbocycles. The molecule has 2 heterocycles. The van der Waals surface area contributed by atoms with E-state index in [9.17, 15) is 4.39 Å². The van der Waals surface area contributed by atoms with Crippen LogP contribution in [-0.4, -0.2) is 31.3 Å². The van der Waals surface area contributed by atoms with E-state index in [0.29, 0.717) is 29.1 Å². The highest BCUT2D eigenvalue weighted by Crippen LogP contribution is 2.19. The number of hydrogen-bond acceptors (Lipinski definition) is 5. The van der Waals surface area contributed by atoms with Crippen LogP contribution in [0.15, 0.2) is 24.5 Å². The van der Waals surface area contributed by atoms with Crippen molar-refractivity contribution in [1.82, 2.24) is 24.7 Å². The minimum absolute atomic E-state index is 0.249. The van der Waals surface area contributed by atoms with E-state index in [-0.39, 0.29) is 11.9 Å². The molecule has 6 nitrogen and oxygen atoms in total. The van der Waals surface area contributed by atoms with E-state index in [4.69, 9.17) is 12.2 Å². The van der Waals surface area contributed by atoms with Crippen molar-refractivity contribution in [2.24, 2.45) is 0 Å². The number of nitrogens with one attached hydrogen (secondary N) is 2. The Morgan fingerprint density at radius 3 is 2.96 bits per heavy atom. The predicted octanol–water partition coefficient (Wildman–Crippen LogP) is 3.26. The molecule has 8 heteroatoms. The highest BCUT2D eigenvalue weighted by molar-refractivity contribution is 7.71. The summed E-state index contributed by atoms with van der Waals surface area (Å²) >= 11 is 5.24. The van der Waals surface area contributed by atoms with Crippen LogP contribution in [0.4, 0.5) is 10.2 Å². The summed E-state index contributed by atoms with van der Waals surface area (Å²) in [4.78, 5) is 8.31. The summed E-state index contributed by atoms with van der Waals surface area (Å²) in [6.07, 6.45) is 2.12. The first-order valence-electron chi connectivity index (χ1n) is 7.36. The molecule has 2 aromatic heterocycles. The zero-order chi connectivity index (χ0) is 16.4. The Kier molecular flexibility index (Phi) is 4.33. The van der Waals surface area contributed by atoms with Crippen molar-refractivity contribution in [1.29, 1.82) is 0 Å². The lowest BCUT2D eigenvalue weighted by Gasteiger charge is -2.11. The highest BCUT2D eigenvalue weighted by atomic mass is 32.1. The van der Waals surface area contributed by atoms with Crippen LogP contribution in [0.5, 0.6) is 0 Å². The number of halogens is 1. The number of nitrogens with zero attached hydrogens (tertiary/aromatic N) is 4. The maximum Gasteiger partial charge on any atom is 0.195 e. The molecule has 0 amide bonds. The minimum atomic E-state index is -0.311. The Hall–Kier alpha value is -2.35. The Morgan fingerprint density at radius 1 is 1.35 bits per heavy atom. The van der Waals surface area contributed by atoms with Gasteiger partial charge in [-0.15, -0.1) is 0 Å². The van der Waals surface area contributed by atoms with Gasteiger partial charge in [0, 0.05) is 30.5 Å². The second-order valence-electron chi connectivity index (χ2n) is 5.47. The number of anilines is 1. The predicted molar refractivity (Wildman–Crippen MR) is 89.5 cm³/mol. The number of fused-ring (bicyclic) bond motifs is 1. The average Bonchev–Trinajstić information content (AvgIpc) is 2.88. The molecule has 0 aliphatic rings. The lowest BCUT2D eigenvalue weighted by atomic mass is 10.2. The third-order valence-corrected chi connectivity index (χ3v) is 3.82. The van der Waals surface area contributed by atoms with Gasteiger partial charge in [0.15, 0.2) is 4.77 Å². The number of H-pyrrole nitrogens is 1. The topological polar surface area (TPSA) is 71.4 Å². The van der Waals surface area contributed by atoms with Crippen LogP contribution in [0, 0.1) is 10.6 Å². The Morgan fingerprint density at radius 2 is 2.17 bits per heavy atom. The molecule has 120 valence electrons. The smallest absolute Gasteiger partial charge is 0.195 e. The molecule has 0 unspecified atom stereocenters. The van der Waals surface area contributed by atoms with Gasteiger partial charge in [0.2, 0.25) is 0 Å². The summed E-state index contributed by atoms with van der Waals surface area (Å²) in [6, 6.07) is 4.73. The van der Waals surface area contributed by atoms with Gasteiger partial charge in [-0.3, -0.25) is 5.10 Å². The second-order valence-corrected chi connectivity index (χ2v) is 5.86. The molecular weight excluding hydrogens is 315 g/mol. The number of aromatic amines is 1. The van der Waals surface area contributed by atoms with E-state index in [1.807, 2.05) is 4.57 Å². The molecule has 0 atom stereocenters. The van der Waals surface area contributed by atoms with Crippen molar-refractivity contribution < 1.29 is 4.39 Å². The van der Waals surface area contributed by atoms with Gasteiger partial charge >= 0.3 is 0 Å².